The van der Waals surface area contributed by atoms with Crippen molar-refractivity contribution in [1.82, 2.24) is 0 Å². The Kier molecular flexibility index (Phi) is 4.72. The van der Waals surface area contributed by atoms with Gasteiger partial charge in [0.25, 0.3) is 0 Å². The second kappa shape index (κ2) is 5.85. The fourth-order valence-corrected chi connectivity index (χ4v) is 2.17. The average Bonchev–Trinajstić information content (AvgIpc) is 2.21. The van der Waals surface area contributed by atoms with Crippen LogP contribution in [0.5, 0.6) is 0 Å². The molecule has 0 atom stereocenters. The largest absolute Gasteiger partial charge is 0.0988 e. The Labute approximate surface area is 88.4 Å². The van der Waals surface area contributed by atoms with Crippen LogP contribution in [0.25, 0.3) is 0 Å². The van der Waals surface area contributed by atoms with Crippen molar-refractivity contribution in [2.75, 3.05) is 0 Å². The van der Waals surface area contributed by atoms with Gasteiger partial charge in [-0.25, -0.2) is 0 Å². The van der Waals surface area contributed by atoms with E-state index in [0.29, 0.717) is 0 Å². The van der Waals surface area contributed by atoms with E-state index in [2.05, 4.69) is 38.7 Å². The van der Waals surface area contributed by atoms with E-state index in [1.54, 1.807) is 0 Å². The molecule has 1 aliphatic rings. The van der Waals surface area contributed by atoms with Crippen molar-refractivity contribution in [2.45, 2.75) is 39.5 Å². The lowest BCUT2D eigenvalue weighted by Crippen LogP contribution is -2.13. The highest BCUT2D eigenvalue weighted by Gasteiger charge is 2.19. The molecule has 0 bridgehead atoms. The fourth-order valence-electron chi connectivity index (χ4n) is 2.17. The van der Waals surface area contributed by atoms with E-state index in [4.69, 9.17) is 0 Å². The molecular weight excluding hydrogens is 168 g/mol. The molecule has 0 amide bonds. The molecule has 0 aromatic rings. The number of allylic oxidation sites excluding steroid dienone is 5. The third kappa shape index (κ3) is 3.17. The Morgan fingerprint density at radius 2 is 1.86 bits per heavy atom. The van der Waals surface area contributed by atoms with Crippen LogP contribution >= 0.6 is 0 Å². The lowest BCUT2D eigenvalue weighted by atomic mass is 9.79. The monoisotopic (exact) mass is 190 g/mol. The summed E-state index contributed by atoms with van der Waals surface area (Å²) < 4.78 is 0. The first-order chi connectivity index (χ1) is 6.77. The number of rotatable bonds is 3. The third-order valence-electron chi connectivity index (χ3n) is 3.20. The topological polar surface area (TPSA) is 0 Å². The molecule has 0 unspecified atom stereocenters. The van der Waals surface area contributed by atoms with Gasteiger partial charge in [-0.05, 0) is 37.2 Å². The molecule has 0 radical (unpaired) electrons. The van der Waals surface area contributed by atoms with Gasteiger partial charge in [0.15, 0.2) is 0 Å². The zero-order chi connectivity index (χ0) is 10.4. The molecule has 0 aliphatic heterocycles. The lowest BCUT2D eigenvalue weighted by Gasteiger charge is -2.26. The van der Waals surface area contributed by atoms with Crippen LogP contribution in [0.15, 0.2) is 36.5 Å². The smallest absolute Gasteiger partial charge is 0.0162 e. The summed E-state index contributed by atoms with van der Waals surface area (Å²) in [5.74, 6) is 1.69. The number of hydrogen-bond acceptors (Lipinski definition) is 0. The van der Waals surface area contributed by atoms with Crippen LogP contribution in [0.4, 0.5) is 0 Å². The zero-order valence-electron chi connectivity index (χ0n) is 9.50. The van der Waals surface area contributed by atoms with Crippen molar-refractivity contribution in [3.05, 3.63) is 36.5 Å². The maximum Gasteiger partial charge on any atom is -0.0162 e. The van der Waals surface area contributed by atoms with Crippen molar-refractivity contribution in [2.24, 2.45) is 11.8 Å². The van der Waals surface area contributed by atoms with E-state index < -0.39 is 0 Å². The average molecular weight is 190 g/mol. The van der Waals surface area contributed by atoms with Gasteiger partial charge in [-0.3, -0.25) is 0 Å². The van der Waals surface area contributed by atoms with Crippen molar-refractivity contribution >= 4 is 0 Å². The lowest BCUT2D eigenvalue weighted by molar-refractivity contribution is 0.323. The SMILES string of the molecule is C=C/C(=C\C=C/C)C1CCC(C)CC1. The van der Waals surface area contributed by atoms with Crippen molar-refractivity contribution in [1.29, 1.82) is 0 Å². The molecule has 78 valence electrons. The highest BCUT2D eigenvalue weighted by molar-refractivity contribution is 5.24. The van der Waals surface area contributed by atoms with Crippen molar-refractivity contribution in [3.63, 3.8) is 0 Å². The van der Waals surface area contributed by atoms with Gasteiger partial charge in [0.05, 0.1) is 0 Å². The first-order valence-electron chi connectivity index (χ1n) is 5.73. The third-order valence-corrected chi connectivity index (χ3v) is 3.20. The summed E-state index contributed by atoms with van der Waals surface area (Å²) in [5, 5.41) is 0. The Balaban J connectivity index is 2.57. The minimum atomic E-state index is 0.764. The molecule has 0 nitrogen and oxygen atoms in total. The van der Waals surface area contributed by atoms with Gasteiger partial charge in [0.1, 0.15) is 0 Å². The second-order valence-electron chi connectivity index (χ2n) is 4.35. The molecule has 0 heteroatoms. The fraction of sp³-hybridized carbons (Fsp3) is 0.571. The Hall–Kier alpha value is -0.780. The highest BCUT2D eigenvalue weighted by atomic mass is 14.2. The summed E-state index contributed by atoms with van der Waals surface area (Å²) in [7, 11) is 0. The molecule has 1 aliphatic carbocycles. The zero-order valence-corrected chi connectivity index (χ0v) is 9.50. The van der Waals surface area contributed by atoms with Crippen LogP contribution in [0.3, 0.4) is 0 Å². The molecule has 1 saturated carbocycles. The molecule has 0 saturated heterocycles. The van der Waals surface area contributed by atoms with E-state index in [1.165, 1.54) is 31.3 Å². The maximum atomic E-state index is 3.91. The maximum absolute atomic E-state index is 3.91. The molecule has 0 heterocycles. The molecule has 14 heavy (non-hydrogen) atoms. The first kappa shape index (κ1) is 11.3. The van der Waals surface area contributed by atoms with E-state index in [9.17, 15) is 0 Å². The van der Waals surface area contributed by atoms with E-state index >= 15 is 0 Å². The highest BCUT2D eigenvalue weighted by Crippen LogP contribution is 2.33. The van der Waals surface area contributed by atoms with Crippen molar-refractivity contribution < 1.29 is 0 Å². The molecular formula is C14H22. The summed E-state index contributed by atoms with van der Waals surface area (Å²) >= 11 is 0. The predicted molar refractivity (Wildman–Crippen MR) is 64.2 cm³/mol. The Morgan fingerprint density at radius 1 is 1.21 bits per heavy atom. The van der Waals surface area contributed by atoms with Gasteiger partial charge in [0, 0.05) is 0 Å². The van der Waals surface area contributed by atoms with Crippen LogP contribution in [0.2, 0.25) is 0 Å². The van der Waals surface area contributed by atoms with Crippen LogP contribution in [0, 0.1) is 11.8 Å². The Morgan fingerprint density at radius 3 is 2.36 bits per heavy atom. The van der Waals surface area contributed by atoms with Gasteiger partial charge in [0.2, 0.25) is 0 Å². The first-order valence-corrected chi connectivity index (χ1v) is 5.73. The van der Waals surface area contributed by atoms with Gasteiger partial charge in [-0.2, -0.15) is 0 Å². The predicted octanol–water partition coefficient (Wildman–Crippen LogP) is 4.50. The molecule has 0 N–H and O–H groups in total. The molecule has 0 aromatic carbocycles. The quantitative estimate of drug-likeness (QED) is 0.575. The van der Waals surface area contributed by atoms with E-state index in [1.807, 2.05) is 6.08 Å². The van der Waals surface area contributed by atoms with Gasteiger partial charge in [-0.15, -0.1) is 0 Å². The van der Waals surface area contributed by atoms with Gasteiger partial charge in [-0.1, -0.05) is 50.6 Å². The normalized spacial score (nSPS) is 29.4. The van der Waals surface area contributed by atoms with Gasteiger partial charge < -0.3 is 0 Å². The van der Waals surface area contributed by atoms with Crippen LogP contribution in [-0.2, 0) is 0 Å². The molecule has 1 fully saturated rings. The van der Waals surface area contributed by atoms with E-state index in [-0.39, 0.29) is 0 Å². The van der Waals surface area contributed by atoms with Crippen molar-refractivity contribution in [3.8, 4) is 0 Å². The van der Waals surface area contributed by atoms with Crippen LogP contribution < -0.4 is 0 Å². The summed E-state index contributed by atoms with van der Waals surface area (Å²) in [4.78, 5) is 0. The summed E-state index contributed by atoms with van der Waals surface area (Å²) in [6, 6.07) is 0. The minimum absolute atomic E-state index is 0.764. The molecule has 0 spiro atoms. The Bertz CT molecular complexity index is 224. The summed E-state index contributed by atoms with van der Waals surface area (Å²) in [6.45, 7) is 8.32. The van der Waals surface area contributed by atoms with Gasteiger partial charge >= 0.3 is 0 Å². The standard InChI is InChI=1S/C14H22/c1-4-6-7-13(5-2)14-10-8-12(3)9-11-14/h4-7,12,14H,2,8-11H2,1,3H3/b6-4-,13-7+. The number of hydrogen-bond donors (Lipinski definition) is 0. The second-order valence-corrected chi connectivity index (χ2v) is 4.35. The minimum Gasteiger partial charge on any atom is -0.0988 e. The molecule has 0 aromatic heterocycles. The van der Waals surface area contributed by atoms with E-state index in [0.717, 1.165) is 11.8 Å². The summed E-state index contributed by atoms with van der Waals surface area (Å²) in [5.41, 5.74) is 1.43. The van der Waals surface area contributed by atoms with Crippen LogP contribution in [-0.4, -0.2) is 0 Å². The summed E-state index contributed by atoms with van der Waals surface area (Å²) in [6.07, 6.45) is 13.9. The molecule has 1 rings (SSSR count). The van der Waals surface area contributed by atoms with Crippen LogP contribution in [0.1, 0.15) is 39.5 Å².